The van der Waals surface area contributed by atoms with Gasteiger partial charge >= 0.3 is 6.18 Å². The predicted octanol–water partition coefficient (Wildman–Crippen LogP) is 3.97. The van der Waals surface area contributed by atoms with Gasteiger partial charge in [-0.3, -0.25) is 9.78 Å². The zero-order valence-corrected chi connectivity index (χ0v) is 16.0. The zero-order chi connectivity index (χ0) is 21.1. The number of para-hydroxylation sites is 2. The molecule has 30 heavy (non-hydrogen) atoms. The van der Waals surface area contributed by atoms with Crippen molar-refractivity contribution < 1.29 is 22.7 Å². The number of carbonyl (C=O) groups is 1. The Balaban J connectivity index is 1.32. The Hall–Kier alpha value is -3.23. The number of carbonyl (C=O) groups excluding carboxylic acids is 1. The number of ether oxygens (including phenoxy) is 1. The van der Waals surface area contributed by atoms with Crippen LogP contribution in [0.3, 0.4) is 0 Å². The van der Waals surface area contributed by atoms with Crippen LogP contribution in [0.5, 0.6) is 5.88 Å². The molecule has 1 amide bonds. The number of fused-ring (bicyclic) bond motifs is 1. The van der Waals surface area contributed by atoms with Gasteiger partial charge in [0.1, 0.15) is 11.4 Å². The molecule has 4 rings (SSSR count). The highest BCUT2D eigenvalue weighted by atomic mass is 19.4. The minimum atomic E-state index is -4.50. The van der Waals surface area contributed by atoms with Crippen molar-refractivity contribution in [3.63, 3.8) is 0 Å². The SMILES string of the molecule is O=C(c1cnc2ccccc2n1)N1CCC(COc2cccc(C(F)(F)F)n2)CC1. The highest BCUT2D eigenvalue weighted by Crippen LogP contribution is 2.29. The van der Waals surface area contributed by atoms with Crippen molar-refractivity contribution in [1.29, 1.82) is 0 Å². The average molecular weight is 416 g/mol. The lowest BCUT2D eigenvalue weighted by molar-refractivity contribution is -0.141. The number of hydrogen-bond acceptors (Lipinski definition) is 5. The van der Waals surface area contributed by atoms with Crippen LogP contribution in [0.4, 0.5) is 13.2 Å². The smallest absolute Gasteiger partial charge is 0.433 e. The van der Waals surface area contributed by atoms with Crippen molar-refractivity contribution in [2.75, 3.05) is 19.7 Å². The number of benzene rings is 1. The summed E-state index contributed by atoms with van der Waals surface area (Å²) >= 11 is 0. The first-order valence-corrected chi connectivity index (χ1v) is 9.58. The second-order valence-electron chi connectivity index (χ2n) is 7.15. The summed E-state index contributed by atoms with van der Waals surface area (Å²) in [6, 6.07) is 10.9. The van der Waals surface area contributed by atoms with E-state index < -0.39 is 11.9 Å². The molecule has 0 spiro atoms. The molecule has 1 aromatic carbocycles. The van der Waals surface area contributed by atoms with Gasteiger partial charge in [0.05, 0.1) is 23.8 Å². The van der Waals surface area contributed by atoms with Gasteiger partial charge in [-0.25, -0.2) is 9.97 Å². The van der Waals surface area contributed by atoms with Crippen LogP contribution < -0.4 is 4.74 Å². The molecule has 1 aliphatic heterocycles. The van der Waals surface area contributed by atoms with E-state index in [0.29, 0.717) is 37.1 Å². The summed E-state index contributed by atoms with van der Waals surface area (Å²) in [4.78, 5) is 26.6. The number of rotatable bonds is 4. The second-order valence-corrected chi connectivity index (χ2v) is 7.15. The minimum absolute atomic E-state index is 0.0465. The second kappa shape index (κ2) is 8.25. The van der Waals surface area contributed by atoms with Crippen LogP contribution in [0, 0.1) is 5.92 Å². The van der Waals surface area contributed by atoms with Gasteiger partial charge in [0.15, 0.2) is 0 Å². The Labute approximate surface area is 170 Å². The highest BCUT2D eigenvalue weighted by Gasteiger charge is 2.33. The van der Waals surface area contributed by atoms with Gasteiger partial charge in [-0.05, 0) is 37.0 Å². The van der Waals surface area contributed by atoms with E-state index in [9.17, 15) is 18.0 Å². The van der Waals surface area contributed by atoms with Crippen LogP contribution in [-0.2, 0) is 6.18 Å². The molecule has 3 aromatic rings. The van der Waals surface area contributed by atoms with Crippen molar-refractivity contribution in [2.45, 2.75) is 19.0 Å². The van der Waals surface area contributed by atoms with Crippen LogP contribution >= 0.6 is 0 Å². The first-order valence-electron chi connectivity index (χ1n) is 9.58. The van der Waals surface area contributed by atoms with Crippen LogP contribution in [0.1, 0.15) is 29.0 Å². The van der Waals surface area contributed by atoms with Crippen molar-refractivity contribution in [2.24, 2.45) is 5.92 Å². The topological polar surface area (TPSA) is 68.2 Å². The molecule has 1 aliphatic rings. The molecule has 0 unspecified atom stereocenters. The van der Waals surface area contributed by atoms with Crippen LogP contribution in [0.25, 0.3) is 11.0 Å². The molecule has 0 saturated carbocycles. The molecular formula is C21H19F3N4O2. The number of piperidine rings is 1. The molecule has 0 aliphatic carbocycles. The van der Waals surface area contributed by atoms with Gasteiger partial charge in [-0.15, -0.1) is 0 Å². The first-order chi connectivity index (χ1) is 14.4. The molecule has 0 radical (unpaired) electrons. The van der Waals surface area contributed by atoms with Gasteiger partial charge in [0, 0.05) is 19.2 Å². The summed E-state index contributed by atoms with van der Waals surface area (Å²) in [5.41, 5.74) is 0.724. The fourth-order valence-electron chi connectivity index (χ4n) is 3.38. The Kier molecular flexibility index (Phi) is 5.52. The fraction of sp³-hybridized carbons (Fsp3) is 0.333. The molecule has 1 saturated heterocycles. The van der Waals surface area contributed by atoms with Gasteiger partial charge in [-0.1, -0.05) is 18.2 Å². The third kappa shape index (κ3) is 4.50. The summed E-state index contributed by atoms with van der Waals surface area (Å²) in [5.74, 6) is -0.0879. The van der Waals surface area contributed by atoms with E-state index >= 15 is 0 Å². The number of nitrogens with zero attached hydrogens (tertiary/aromatic N) is 4. The van der Waals surface area contributed by atoms with Gasteiger partial charge in [-0.2, -0.15) is 13.2 Å². The van der Waals surface area contributed by atoms with Gasteiger partial charge in [0.25, 0.3) is 5.91 Å². The third-order valence-corrected chi connectivity index (χ3v) is 5.05. The number of pyridine rings is 1. The van der Waals surface area contributed by atoms with E-state index in [4.69, 9.17) is 4.74 Å². The standard InChI is InChI=1S/C21H19F3N4O2/c22-21(23,24)18-6-3-7-19(27-18)30-13-14-8-10-28(11-9-14)20(29)17-12-25-15-4-1-2-5-16(15)26-17/h1-7,12,14H,8-11,13H2. The first kappa shape index (κ1) is 20.1. The summed E-state index contributed by atoms with van der Waals surface area (Å²) in [5, 5.41) is 0. The van der Waals surface area contributed by atoms with E-state index in [1.165, 1.54) is 18.3 Å². The fourth-order valence-corrected chi connectivity index (χ4v) is 3.38. The van der Waals surface area contributed by atoms with E-state index in [1.54, 1.807) is 4.90 Å². The van der Waals surface area contributed by atoms with E-state index in [-0.39, 0.29) is 24.3 Å². The summed E-state index contributed by atoms with van der Waals surface area (Å²) in [6.45, 7) is 1.31. The summed E-state index contributed by atoms with van der Waals surface area (Å²) in [6.07, 6.45) is -1.65. The minimum Gasteiger partial charge on any atom is -0.477 e. The Morgan fingerprint density at radius 1 is 1.03 bits per heavy atom. The number of hydrogen-bond donors (Lipinski definition) is 0. The normalized spacial score (nSPS) is 15.4. The lowest BCUT2D eigenvalue weighted by atomic mass is 9.97. The maximum absolute atomic E-state index is 12.7. The lowest BCUT2D eigenvalue weighted by Crippen LogP contribution is -2.40. The largest absolute Gasteiger partial charge is 0.477 e. The molecule has 1 fully saturated rings. The van der Waals surface area contributed by atoms with Crippen molar-refractivity contribution in [3.8, 4) is 5.88 Å². The monoisotopic (exact) mass is 416 g/mol. The molecule has 156 valence electrons. The number of likely N-dealkylation sites (tertiary alicyclic amines) is 1. The molecule has 2 aromatic heterocycles. The van der Waals surface area contributed by atoms with Crippen molar-refractivity contribution in [1.82, 2.24) is 19.9 Å². The van der Waals surface area contributed by atoms with Gasteiger partial charge < -0.3 is 9.64 Å². The van der Waals surface area contributed by atoms with Crippen LogP contribution in [-0.4, -0.2) is 45.5 Å². The Bertz CT molecular complexity index is 1050. The van der Waals surface area contributed by atoms with E-state index in [2.05, 4.69) is 15.0 Å². The van der Waals surface area contributed by atoms with Gasteiger partial charge in [0.2, 0.25) is 5.88 Å². The average Bonchev–Trinajstić information content (AvgIpc) is 2.77. The molecule has 9 heteroatoms. The molecule has 0 atom stereocenters. The quantitative estimate of drug-likeness (QED) is 0.644. The maximum Gasteiger partial charge on any atom is 0.433 e. The van der Waals surface area contributed by atoms with E-state index in [0.717, 1.165) is 11.6 Å². The molecule has 0 bridgehead atoms. The number of halogens is 3. The zero-order valence-electron chi connectivity index (χ0n) is 16.0. The van der Waals surface area contributed by atoms with Crippen LogP contribution in [0.15, 0.2) is 48.7 Å². The lowest BCUT2D eigenvalue weighted by Gasteiger charge is -2.31. The maximum atomic E-state index is 12.7. The Morgan fingerprint density at radius 2 is 1.77 bits per heavy atom. The van der Waals surface area contributed by atoms with Crippen molar-refractivity contribution >= 4 is 16.9 Å². The molecule has 3 heterocycles. The number of aromatic nitrogens is 3. The predicted molar refractivity (Wildman–Crippen MR) is 103 cm³/mol. The third-order valence-electron chi connectivity index (χ3n) is 5.05. The Morgan fingerprint density at radius 3 is 2.50 bits per heavy atom. The number of amides is 1. The summed E-state index contributed by atoms with van der Waals surface area (Å²) in [7, 11) is 0. The van der Waals surface area contributed by atoms with Crippen LogP contribution in [0.2, 0.25) is 0 Å². The van der Waals surface area contributed by atoms with Crippen molar-refractivity contribution in [3.05, 3.63) is 60.0 Å². The highest BCUT2D eigenvalue weighted by molar-refractivity contribution is 5.93. The molecule has 0 N–H and O–H groups in total. The number of alkyl halides is 3. The molecule has 6 nitrogen and oxygen atoms in total. The molecular weight excluding hydrogens is 397 g/mol. The van der Waals surface area contributed by atoms with E-state index in [1.807, 2.05) is 24.3 Å². The summed E-state index contributed by atoms with van der Waals surface area (Å²) < 4.78 is 43.7.